The van der Waals surface area contributed by atoms with Gasteiger partial charge >= 0.3 is 0 Å². The van der Waals surface area contributed by atoms with Crippen molar-refractivity contribution in [3.05, 3.63) is 35.9 Å². The van der Waals surface area contributed by atoms with Gasteiger partial charge in [0.15, 0.2) is 0 Å². The van der Waals surface area contributed by atoms with Crippen molar-refractivity contribution in [3.63, 3.8) is 0 Å². The third-order valence-electron chi connectivity index (χ3n) is 4.52. The standard InChI is InChI=1S/C20H35N3O/c1-5-23(6-2)16-10-11-17(3)22-20(24)14-15-21-18(4)19-12-8-7-9-13-19/h7-9,12-13,17-18,21H,5-6,10-11,14-16H2,1-4H3,(H,22,24)/t17-,18+/m0/s1. The van der Waals surface area contributed by atoms with Gasteiger partial charge in [-0.25, -0.2) is 0 Å². The molecule has 0 saturated carbocycles. The SMILES string of the molecule is CCN(CC)CCC[C@H](C)NC(=O)CCN[C@H](C)c1ccccc1. The van der Waals surface area contributed by atoms with Crippen molar-refractivity contribution < 1.29 is 4.79 Å². The average Bonchev–Trinajstić information content (AvgIpc) is 2.59. The summed E-state index contributed by atoms with van der Waals surface area (Å²) >= 11 is 0. The van der Waals surface area contributed by atoms with E-state index in [1.165, 1.54) is 5.56 Å². The molecule has 0 aliphatic rings. The molecule has 0 saturated heterocycles. The number of benzene rings is 1. The zero-order valence-electron chi connectivity index (χ0n) is 15.8. The molecule has 0 aromatic heterocycles. The summed E-state index contributed by atoms with van der Waals surface area (Å²) in [7, 11) is 0. The van der Waals surface area contributed by atoms with Gasteiger partial charge in [0.05, 0.1) is 0 Å². The average molecular weight is 334 g/mol. The summed E-state index contributed by atoms with van der Waals surface area (Å²) in [4.78, 5) is 14.4. The van der Waals surface area contributed by atoms with Crippen molar-refractivity contribution in [2.75, 3.05) is 26.2 Å². The van der Waals surface area contributed by atoms with E-state index in [2.05, 4.69) is 55.4 Å². The van der Waals surface area contributed by atoms with Gasteiger partial charge in [0.1, 0.15) is 0 Å². The fourth-order valence-corrected chi connectivity index (χ4v) is 2.84. The minimum atomic E-state index is 0.137. The maximum Gasteiger partial charge on any atom is 0.221 e. The minimum Gasteiger partial charge on any atom is -0.354 e. The highest BCUT2D eigenvalue weighted by Crippen LogP contribution is 2.10. The summed E-state index contributed by atoms with van der Waals surface area (Å²) in [6, 6.07) is 10.8. The van der Waals surface area contributed by atoms with Gasteiger partial charge < -0.3 is 15.5 Å². The monoisotopic (exact) mass is 333 g/mol. The summed E-state index contributed by atoms with van der Waals surface area (Å²) in [5, 5.41) is 6.51. The lowest BCUT2D eigenvalue weighted by atomic mass is 10.1. The van der Waals surface area contributed by atoms with Gasteiger partial charge in [0, 0.05) is 25.0 Å². The molecule has 2 atom stereocenters. The number of hydrogen-bond acceptors (Lipinski definition) is 3. The summed E-state index contributed by atoms with van der Waals surface area (Å²) in [6.45, 7) is 12.6. The minimum absolute atomic E-state index is 0.137. The van der Waals surface area contributed by atoms with Crippen LogP contribution in [-0.4, -0.2) is 43.0 Å². The van der Waals surface area contributed by atoms with Crippen LogP contribution in [0.4, 0.5) is 0 Å². The van der Waals surface area contributed by atoms with E-state index in [1.54, 1.807) is 0 Å². The van der Waals surface area contributed by atoms with Crippen molar-refractivity contribution in [2.24, 2.45) is 0 Å². The number of rotatable bonds is 12. The lowest BCUT2D eigenvalue weighted by molar-refractivity contribution is -0.121. The van der Waals surface area contributed by atoms with E-state index in [9.17, 15) is 4.79 Å². The Morgan fingerprint density at radius 3 is 2.42 bits per heavy atom. The molecule has 1 aromatic carbocycles. The number of nitrogens with one attached hydrogen (secondary N) is 2. The van der Waals surface area contributed by atoms with Crippen molar-refractivity contribution in [1.29, 1.82) is 0 Å². The van der Waals surface area contributed by atoms with Crippen molar-refractivity contribution >= 4 is 5.91 Å². The topological polar surface area (TPSA) is 44.4 Å². The van der Waals surface area contributed by atoms with E-state index in [0.29, 0.717) is 13.0 Å². The molecule has 0 spiro atoms. The van der Waals surface area contributed by atoms with E-state index < -0.39 is 0 Å². The molecule has 1 rings (SSSR count). The van der Waals surface area contributed by atoms with Crippen LogP contribution in [0.2, 0.25) is 0 Å². The fraction of sp³-hybridized carbons (Fsp3) is 0.650. The zero-order chi connectivity index (χ0) is 17.8. The second-order valence-corrected chi connectivity index (χ2v) is 6.47. The fourth-order valence-electron chi connectivity index (χ4n) is 2.84. The van der Waals surface area contributed by atoms with Gasteiger partial charge in [-0.2, -0.15) is 0 Å². The third kappa shape index (κ3) is 8.46. The Bertz CT molecular complexity index is 445. The lowest BCUT2D eigenvalue weighted by Crippen LogP contribution is -2.35. The molecule has 0 aliphatic carbocycles. The first kappa shape index (κ1) is 20.7. The predicted molar refractivity (Wildman–Crippen MR) is 102 cm³/mol. The molecule has 24 heavy (non-hydrogen) atoms. The number of nitrogens with zero attached hydrogens (tertiary/aromatic N) is 1. The van der Waals surface area contributed by atoms with Gasteiger partial charge in [-0.05, 0) is 51.9 Å². The largest absolute Gasteiger partial charge is 0.354 e. The lowest BCUT2D eigenvalue weighted by Gasteiger charge is -2.20. The molecule has 0 unspecified atom stereocenters. The van der Waals surface area contributed by atoms with E-state index >= 15 is 0 Å². The Kier molecular flexibility index (Phi) is 10.4. The first-order valence-corrected chi connectivity index (χ1v) is 9.36. The summed E-state index contributed by atoms with van der Waals surface area (Å²) in [5.41, 5.74) is 1.25. The van der Waals surface area contributed by atoms with Gasteiger partial charge in [-0.1, -0.05) is 44.2 Å². The van der Waals surface area contributed by atoms with Crippen LogP contribution in [0.3, 0.4) is 0 Å². The summed E-state index contributed by atoms with van der Waals surface area (Å²) < 4.78 is 0. The van der Waals surface area contributed by atoms with E-state index in [-0.39, 0.29) is 18.0 Å². The molecular weight excluding hydrogens is 298 g/mol. The molecule has 136 valence electrons. The second kappa shape index (κ2) is 12.0. The summed E-state index contributed by atoms with van der Waals surface area (Å²) in [6.07, 6.45) is 2.69. The Morgan fingerprint density at radius 2 is 1.79 bits per heavy atom. The number of hydrogen-bond donors (Lipinski definition) is 2. The first-order chi connectivity index (χ1) is 11.6. The molecule has 4 heteroatoms. The molecule has 1 amide bonds. The Hall–Kier alpha value is -1.39. The third-order valence-corrected chi connectivity index (χ3v) is 4.52. The van der Waals surface area contributed by atoms with E-state index in [4.69, 9.17) is 0 Å². The second-order valence-electron chi connectivity index (χ2n) is 6.47. The van der Waals surface area contributed by atoms with Crippen LogP contribution in [0.15, 0.2) is 30.3 Å². The normalized spacial score (nSPS) is 13.7. The first-order valence-electron chi connectivity index (χ1n) is 9.36. The molecular formula is C20H35N3O. The molecule has 2 N–H and O–H groups in total. The van der Waals surface area contributed by atoms with Crippen LogP contribution >= 0.6 is 0 Å². The predicted octanol–water partition coefficient (Wildman–Crippen LogP) is 3.35. The summed E-state index contributed by atoms with van der Waals surface area (Å²) in [5.74, 6) is 0.137. The van der Waals surface area contributed by atoms with Crippen molar-refractivity contribution in [1.82, 2.24) is 15.5 Å². The molecule has 0 heterocycles. The number of carbonyl (C=O) groups is 1. The molecule has 1 aromatic rings. The highest BCUT2D eigenvalue weighted by molar-refractivity contribution is 5.76. The maximum absolute atomic E-state index is 12.0. The quantitative estimate of drug-likeness (QED) is 0.616. The van der Waals surface area contributed by atoms with Gasteiger partial charge in [0.2, 0.25) is 5.91 Å². The van der Waals surface area contributed by atoms with Gasteiger partial charge in [0.25, 0.3) is 0 Å². The molecule has 0 fully saturated rings. The van der Waals surface area contributed by atoms with Crippen molar-refractivity contribution in [2.45, 2.75) is 59.0 Å². The molecule has 0 aliphatic heterocycles. The van der Waals surface area contributed by atoms with Crippen molar-refractivity contribution in [3.8, 4) is 0 Å². The number of amides is 1. The highest BCUT2D eigenvalue weighted by Gasteiger charge is 2.09. The molecule has 0 bridgehead atoms. The van der Waals surface area contributed by atoms with Crippen LogP contribution in [0.25, 0.3) is 0 Å². The van der Waals surface area contributed by atoms with Crippen LogP contribution < -0.4 is 10.6 Å². The molecule has 0 radical (unpaired) electrons. The van der Waals surface area contributed by atoms with Gasteiger partial charge in [-0.3, -0.25) is 4.79 Å². The van der Waals surface area contributed by atoms with Crippen LogP contribution in [0.1, 0.15) is 58.6 Å². The molecule has 4 nitrogen and oxygen atoms in total. The Morgan fingerprint density at radius 1 is 1.12 bits per heavy atom. The zero-order valence-corrected chi connectivity index (χ0v) is 15.8. The van der Waals surface area contributed by atoms with Gasteiger partial charge in [-0.15, -0.1) is 0 Å². The smallest absolute Gasteiger partial charge is 0.221 e. The van der Waals surface area contributed by atoms with E-state index in [0.717, 1.165) is 32.5 Å². The highest BCUT2D eigenvalue weighted by atomic mass is 16.1. The van der Waals surface area contributed by atoms with Crippen LogP contribution in [-0.2, 0) is 4.79 Å². The van der Waals surface area contributed by atoms with Crippen LogP contribution in [0.5, 0.6) is 0 Å². The number of carbonyl (C=O) groups excluding carboxylic acids is 1. The maximum atomic E-state index is 12.0. The Balaban J connectivity index is 2.14. The Labute approximate surface area is 148 Å². The van der Waals surface area contributed by atoms with Crippen LogP contribution in [0, 0.1) is 0 Å². The van der Waals surface area contributed by atoms with E-state index in [1.807, 2.05) is 18.2 Å².